The molecule has 0 radical (unpaired) electrons. The molecule has 0 spiro atoms. The molecule has 3 aromatic rings. The highest BCUT2D eigenvalue weighted by Crippen LogP contribution is 2.20. The van der Waals surface area contributed by atoms with Gasteiger partial charge in [-0.05, 0) is 35.5 Å². The van der Waals surface area contributed by atoms with E-state index in [2.05, 4.69) is 20.7 Å². The van der Waals surface area contributed by atoms with Crippen LogP contribution in [0.5, 0.6) is 5.75 Å². The van der Waals surface area contributed by atoms with Gasteiger partial charge in [0.2, 0.25) is 0 Å². The molecule has 0 unspecified atom stereocenters. The topological polar surface area (TPSA) is 97.1 Å². The van der Waals surface area contributed by atoms with Gasteiger partial charge in [-0.1, -0.05) is 47.7 Å². The third-order valence-electron chi connectivity index (χ3n) is 3.62. The fourth-order valence-corrected chi connectivity index (χ4v) is 3.20. The Balaban J connectivity index is 1.57. The maximum atomic E-state index is 11.9. The molecule has 0 bridgehead atoms. The van der Waals surface area contributed by atoms with E-state index < -0.39 is 0 Å². The molecular formula is C18H16ClN5O2S. The van der Waals surface area contributed by atoms with Crippen molar-refractivity contribution in [1.82, 2.24) is 15.6 Å². The van der Waals surface area contributed by atoms with Crippen molar-refractivity contribution in [2.45, 2.75) is 5.16 Å². The number of H-pyrrole nitrogens is 1. The zero-order valence-corrected chi connectivity index (χ0v) is 15.9. The first-order chi connectivity index (χ1) is 13.0. The lowest BCUT2D eigenvalue weighted by atomic mass is 10.2. The third kappa shape index (κ3) is 4.87. The van der Waals surface area contributed by atoms with Crippen LogP contribution in [0, 0.1) is 0 Å². The summed E-state index contributed by atoms with van der Waals surface area (Å²) in [5.41, 5.74) is 3.71. The van der Waals surface area contributed by atoms with Gasteiger partial charge in [0.15, 0.2) is 0 Å². The fourth-order valence-electron chi connectivity index (χ4n) is 2.29. The van der Waals surface area contributed by atoms with Gasteiger partial charge in [0, 0.05) is 5.02 Å². The number of carbonyl (C=O) groups excluding carboxylic acids is 1. The predicted molar refractivity (Wildman–Crippen MR) is 103 cm³/mol. The number of nitrogens with zero attached hydrogens (tertiary/aromatic N) is 3. The van der Waals surface area contributed by atoms with Crippen molar-refractivity contribution in [2.75, 3.05) is 5.75 Å². The molecule has 3 rings (SSSR count). The Hall–Kier alpha value is -2.84. The molecule has 0 saturated heterocycles. The molecule has 7 nitrogen and oxygen atoms in total. The second-order valence-electron chi connectivity index (χ2n) is 5.54. The SMILES string of the molecule is C[n+]1c(SCC(=O)N/N=C/c2ccccc2[O-])n[nH]c1-c1cccc(Cl)c1. The monoisotopic (exact) mass is 401 g/mol. The normalized spacial score (nSPS) is 11.0. The van der Waals surface area contributed by atoms with E-state index in [9.17, 15) is 9.90 Å². The van der Waals surface area contributed by atoms with Gasteiger partial charge in [-0.3, -0.25) is 4.79 Å². The van der Waals surface area contributed by atoms with Crippen molar-refractivity contribution in [1.29, 1.82) is 0 Å². The molecule has 0 atom stereocenters. The number of thioether (sulfide) groups is 1. The number of nitrogens with one attached hydrogen (secondary N) is 2. The van der Waals surface area contributed by atoms with Crippen molar-refractivity contribution < 1.29 is 14.5 Å². The highest BCUT2D eigenvalue weighted by Gasteiger charge is 2.20. The van der Waals surface area contributed by atoms with E-state index in [0.717, 1.165) is 11.4 Å². The minimum absolute atomic E-state index is 0.129. The van der Waals surface area contributed by atoms with Crippen molar-refractivity contribution in [3.63, 3.8) is 0 Å². The van der Waals surface area contributed by atoms with Gasteiger partial charge in [-0.25, -0.2) is 9.99 Å². The summed E-state index contributed by atoms with van der Waals surface area (Å²) in [4.78, 5) is 11.9. The van der Waals surface area contributed by atoms with E-state index in [1.807, 2.05) is 29.8 Å². The van der Waals surface area contributed by atoms with Gasteiger partial charge in [0.05, 0.1) is 29.7 Å². The summed E-state index contributed by atoms with van der Waals surface area (Å²) in [6.45, 7) is 0. The minimum atomic E-state index is -0.299. The molecule has 0 saturated carbocycles. The zero-order valence-electron chi connectivity index (χ0n) is 14.3. The third-order valence-corrected chi connectivity index (χ3v) is 4.89. The Morgan fingerprint density at radius 1 is 1.37 bits per heavy atom. The molecule has 0 aliphatic rings. The van der Waals surface area contributed by atoms with Gasteiger partial charge in [-0.2, -0.15) is 5.10 Å². The van der Waals surface area contributed by atoms with Crippen molar-refractivity contribution >= 4 is 35.5 Å². The van der Waals surface area contributed by atoms with Gasteiger partial charge in [-0.15, -0.1) is 5.10 Å². The van der Waals surface area contributed by atoms with E-state index in [1.165, 1.54) is 24.0 Å². The summed E-state index contributed by atoms with van der Waals surface area (Å²) in [5.74, 6) is 0.462. The molecule has 1 heterocycles. The Morgan fingerprint density at radius 2 is 2.19 bits per heavy atom. The van der Waals surface area contributed by atoms with Crippen LogP contribution in [-0.2, 0) is 11.8 Å². The zero-order chi connectivity index (χ0) is 19.2. The first-order valence-electron chi connectivity index (χ1n) is 7.95. The molecule has 1 aromatic heterocycles. The maximum absolute atomic E-state index is 11.9. The molecule has 1 amide bonds. The van der Waals surface area contributed by atoms with Crippen LogP contribution in [-0.4, -0.2) is 28.1 Å². The van der Waals surface area contributed by atoms with Crippen molar-refractivity contribution in [2.24, 2.45) is 12.1 Å². The van der Waals surface area contributed by atoms with Crippen LogP contribution in [0.2, 0.25) is 5.02 Å². The van der Waals surface area contributed by atoms with Crippen LogP contribution in [0.25, 0.3) is 11.4 Å². The van der Waals surface area contributed by atoms with E-state index in [-0.39, 0.29) is 17.4 Å². The number of rotatable bonds is 6. The highest BCUT2D eigenvalue weighted by molar-refractivity contribution is 7.99. The maximum Gasteiger partial charge on any atom is 0.337 e. The second kappa shape index (κ2) is 8.70. The van der Waals surface area contributed by atoms with Gasteiger partial charge in [0.1, 0.15) is 0 Å². The van der Waals surface area contributed by atoms with Crippen LogP contribution in [0.1, 0.15) is 5.56 Å². The van der Waals surface area contributed by atoms with E-state index in [4.69, 9.17) is 11.6 Å². The number of carbonyl (C=O) groups is 1. The largest absolute Gasteiger partial charge is 0.872 e. The summed E-state index contributed by atoms with van der Waals surface area (Å²) in [5, 5.41) is 23.8. The lowest BCUT2D eigenvalue weighted by Crippen LogP contribution is -2.32. The Bertz CT molecular complexity index is 989. The number of aromatic amines is 1. The number of hydrazone groups is 1. The molecule has 2 N–H and O–H groups in total. The van der Waals surface area contributed by atoms with Crippen LogP contribution in [0.4, 0.5) is 0 Å². The van der Waals surface area contributed by atoms with E-state index in [1.54, 1.807) is 24.3 Å². The van der Waals surface area contributed by atoms with Gasteiger partial charge in [0.25, 0.3) is 11.7 Å². The summed E-state index contributed by atoms with van der Waals surface area (Å²) in [6, 6.07) is 13.9. The summed E-state index contributed by atoms with van der Waals surface area (Å²) in [7, 11) is 1.85. The Labute approximate surface area is 165 Å². The van der Waals surface area contributed by atoms with Crippen LogP contribution in [0.3, 0.4) is 0 Å². The molecule has 0 aliphatic heterocycles. The number of para-hydroxylation sites is 1. The number of benzene rings is 2. The quantitative estimate of drug-likeness (QED) is 0.285. The van der Waals surface area contributed by atoms with Gasteiger partial charge < -0.3 is 5.11 Å². The first kappa shape index (κ1) is 18.9. The number of aromatic nitrogens is 3. The van der Waals surface area contributed by atoms with Crippen molar-refractivity contribution in [3.8, 4) is 17.1 Å². The Morgan fingerprint density at radius 3 is 2.96 bits per heavy atom. The summed E-state index contributed by atoms with van der Waals surface area (Å²) < 4.78 is 1.85. The van der Waals surface area contributed by atoms with Crippen LogP contribution in [0.15, 0.2) is 58.8 Å². The van der Waals surface area contributed by atoms with Gasteiger partial charge >= 0.3 is 5.16 Å². The molecule has 2 aromatic carbocycles. The van der Waals surface area contributed by atoms with Crippen molar-refractivity contribution in [3.05, 3.63) is 59.1 Å². The van der Waals surface area contributed by atoms with Crippen LogP contribution >= 0.6 is 23.4 Å². The predicted octanol–water partition coefficient (Wildman–Crippen LogP) is 1.87. The van der Waals surface area contributed by atoms with Crippen LogP contribution < -0.4 is 15.1 Å². The molecule has 9 heteroatoms. The lowest BCUT2D eigenvalue weighted by molar-refractivity contribution is -0.698. The molecule has 138 valence electrons. The number of hydrogen-bond donors (Lipinski definition) is 2. The van der Waals surface area contributed by atoms with E-state index >= 15 is 0 Å². The second-order valence-corrected chi connectivity index (χ2v) is 6.92. The standard InChI is InChI=1S/C18H16ClN5O2S/c1-24-17(12-6-4-7-14(19)9-12)22-23-18(24)27-11-16(26)21-20-10-13-5-2-3-8-15(13)25/h2-10H,11H2,1H3,(H2,20,21,25,26). The number of hydrogen-bond acceptors (Lipinski definition) is 5. The molecule has 0 fully saturated rings. The highest BCUT2D eigenvalue weighted by atomic mass is 35.5. The fraction of sp³-hybridized carbons (Fsp3) is 0.111. The summed E-state index contributed by atoms with van der Waals surface area (Å²) >= 11 is 7.29. The average Bonchev–Trinajstić information content (AvgIpc) is 3.02. The molecular weight excluding hydrogens is 386 g/mol. The lowest BCUT2D eigenvalue weighted by Gasteiger charge is -2.07. The average molecular weight is 402 g/mol. The molecule has 0 aliphatic carbocycles. The number of amides is 1. The number of halogens is 1. The first-order valence-corrected chi connectivity index (χ1v) is 9.32. The smallest absolute Gasteiger partial charge is 0.337 e. The molecule has 27 heavy (non-hydrogen) atoms. The van der Waals surface area contributed by atoms with E-state index in [0.29, 0.717) is 15.7 Å². The minimum Gasteiger partial charge on any atom is -0.872 e. The summed E-state index contributed by atoms with van der Waals surface area (Å²) in [6.07, 6.45) is 1.33. The Kier molecular flexibility index (Phi) is 6.10.